The Bertz CT molecular complexity index is 2380. The number of aromatic amines is 1. The third-order valence-electron chi connectivity index (χ3n) is 12.2. The fourth-order valence-corrected chi connectivity index (χ4v) is 9.12. The molecule has 9 nitrogen and oxygen atoms in total. The van der Waals surface area contributed by atoms with E-state index in [1.54, 1.807) is 37.4 Å². The second-order valence-electron chi connectivity index (χ2n) is 16.4. The van der Waals surface area contributed by atoms with Gasteiger partial charge in [0.05, 0.1) is 19.3 Å². The number of benzene rings is 5. The maximum atomic E-state index is 14.8. The number of phenolic OH excluding ortho intramolecular Hbond substituents is 3. The first-order valence-corrected chi connectivity index (χ1v) is 21.3. The number of ketones is 1. The van der Waals surface area contributed by atoms with Gasteiger partial charge in [-0.3, -0.25) is 4.79 Å². The third kappa shape index (κ3) is 9.97. The van der Waals surface area contributed by atoms with E-state index in [4.69, 9.17) is 9.47 Å². The highest BCUT2D eigenvalue weighted by Crippen LogP contribution is 2.39. The number of phenols is 3. The molecule has 1 aliphatic carbocycles. The summed E-state index contributed by atoms with van der Waals surface area (Å²) in [5.74, 6) is -0.294. The molecule has 0 saturated heterocycles. The van der Waals surface area contributed by atoms with Crippen LogP contribution in [0, 0.1) is 5.92 Å². The fourth-order valence-electron chi connectivity index (χ4n) is 9.12. The Kier molecular flexibility index (Phi) is 13.8. The summed E-state index contributed by atoms with van der Waals surface area (Å²) in [6.07, 6.45) is 9.24. The van der Waals surface area contributed by atoms with E-state index in [1.807, 2.05) is 55.8 Å². The summed E-state index contributed by atoms with van der Waals surface area (Å²) in [4.78, 5) is 17.9. The number of rotatable bonds is 19. The number of H-pyrrole nitrogens is 1. The molecule has 9 heteroatoms. The van der Waals surface area contributed by atoms with Gasteiger partial charge in [-0.1, -0.05) is 61.5 Å². The molecule has 7 rings (SSSR count). The zero-order valence-corrected chi connectivity index (χ0v) is 34.9. The van der Waals surface area contributed by atoms with E-state index in [9.17, 15) is 25.2 Å². The van der Waals surface area contributed by atoms with E-state index in [1.165, 1.54) is 5.56 Å². The molecule has 0 radical (unpaired) electrons. The number of aryl methyl sites for hydroxylation is 1. The van der Waals surface area contributed by atoms with Crippen molar-refractivity contribution < 1.29 is 34.7 Å². The van der Waals surface area contributed by atoms with Gasteiger partial charge in [0.15, 0.2) is 23.0 Å². The van der Waals surface area contributed by atoms with Gasteiger partial charge in [-0.15, -0.1) is 0 Å². The molecular weight excluding hydrogens is 753 g/mol. The zero-order chi connectivity index (χ0) is 42.2. The van der Waals surface area contributed by atoms with E-state index in [0.717, 1.165) is 76.3 Å². The summed E-state index contributed by atoms with van der Waals surface area (Å²) in [5, 5.41) is 50.4. The van der Waals surface area contributed by atoms with Crippen molar-refractivity contribution >= 4 is 16.6 Å². The molecule has 1 aromatic heterocycles. The summed E-state index contributed by atoms with van der Waals surface area (Å²) >= 11 is 0. The standard InChI is InChI=1S/C51H58N2O7/c1-4-35-14-15-36-9-5-8-12-42(36)43(35)28-45-37(16-18-47(56)51(45)59-3)26-39(21-33-19-20-53-31-33)48(57)29-49(58)44(38-22-34(30-52-2)23-40(54)27-38)24-32-13-17-46(55)50(25-32)60-41-10-6-7-11-41/h5,8-9,12-20,22-23,25,27,31,39,41,44,48,52-57H,4,6-7,10-11,21,24,26,28-30H2,1-3H3. The third-order valence-corrected chi connectivity index (χ3v) is 12.2. The largest absolute Gasteiger partial charge is 0.508 e. The number of fused-ring (bicyclic) bond motifs is 1. The molecule has 1 fully saturated rings. The van der Waals surface area contributed by atoms with Crippen molar-refractivity contribution in [1.82, 2.24) is 10.3 Å². The minimum absolute atomic E-state index is 0.0423. The Morgan fingerprint density at radius 1 is 0.833 bits per heavy atom. The molecule has 0 bridgehead atoms. The van der Waals surface area contributed by atoms with Crippen LogP contribution in [0.3, 0.4) is 0 Å². The van der Waals surface area contributed by atoms with Crippen molar-refractivity contribution in [2.75, 3.05) is 14.2 Å². The Morgan fingerprint density at radius 3 is 2.37 bits per heavy atom. The van der Waals surface area contributed by atoms with Crippen LogP contribution in [0.2, 0.25) is 0 Å². The molecule has 0 spiro atoms. The summed E-state index contributed by atoms with van der Waals surface area (Å²) in [7, 11) is 3.40. The highest BCUT2D eigenvalue weighted by molar-refractivity contribution is 5.88. The van der Waals surface area contributed by atoms with Crippen LogP contribution < -0.4 is 14.8 Å². The number of aliphatic hydroxyl groups is 1. The first-order valence-electron chi connectivity index (χ1n) is 21.3. The average Bonchev–Trinajstić information content (AvgIpc) is 3.97. The van der Waals surface area contributed by atoms with Gasteiger partial charge >= 0.3 is 0 Å². The molecule has 0 amide bonds. The lowest BCUT2D eigenvalue weighted by molar-refractivity contribution is -0.123. The monoisotopic (exact) mass is 810 g/mol. The summed E-state index contributed by atoms with van der Waals surface area (Å²) < 4.78 is 12.1. The Balaban J connectivity index is 1.22. The topological polar surface area (TPSA) is 144 Å². The lowest BCUT2D eigenvalue weighted by atomic mass is 9.80. The van der Waals surface area contributed by atoms with Crippen molar-refractivity contribution in [3.8, 4) is 28.7 Å². The van der Waals surface area contributed by atoms with E-state index in [0.29, 0.717) is 42.9 Å². The molecule has 1 aliphatic rings. The maximum absolute atomic E-state index is 14.8. The number of aromatic nitrogens is 1. The second-order valence-corrected chi connectivity index (χ2v) is 16.4. The smallest absolute Gasteiger partial charge is 0.164 e. The molecule has 3 unspecified atom stereocenters. The van der Waals surface area contributed by atoms with Crippen molar-refractivity contribution in [2.24, 2.45) is 5.92 Å². The van der Waals surface area contributed by atoms with Crippen molar-refractivity contribution in [1.29, 1.82) is 0 Å². The summed E-state index contributed by atoms with van der Waals surface area (Å²) in [6.45, 7) is 2.64. The Morgan fingerprint density at radius 2 is 1.62 bits per heavy atom. The van der Waals surface area contributed by atoms with Crippen LogP contribution >= 0.6 is 0 Å². The Hall–Kier alpha value is -5.77. The summed E-state index contributed by atoms with van der Waals surface area (Å²) in [5.41, 5.74) is 7.43. The zero-order valence-electron chi connectivity index (χ0n) is 34.9. The van der Waals surface area contributed by atoms with Gasteiger partial charge in [0.25, 0.3) is 0 Å². The van der Waals surface area contributed by atoms with Crippen LogP contribution in [-0.4, -0.2) is 57.6 Å². The summed E-state index contributed by atoms with van der Waals surface area (Å²) in [6, 6.07) is 28.7. The number of hydrogen-bond acceptors (Lipinski definition) is 8. The SMILES string of the molecule is CCc1ccc2ccccc2c1Cc1c(CC(Cc2cc[nH]c2)C(O)CC(=O)C(Cc2ccc(O)c(OC3CCCC3)c2)c2cc(O)cc(CNC)c2)ccc(O)c1OC. The van der Waals surface area contributed by atoms with Crippen LogP contribution in [-0.2, 0) is 43.4 Å². The number of hydrogen-bond donors (Lipinski definition) is 6. The number of ether oxygens (including phenoxy) is 2. The molecule has 1 saturated carbocycles. The number of carbonyl (C=O) groups is 1. The second kappa shape index (κ2) is 19.5. The lowest BCUT2D eigenvalue weighted by Gasteiger charge is -2.27. The predicted molar refractivity (Wildman–Crippen MR) is 236 cm³/mol. The molecule has 0 aliphatic heterocycles. The average molecular weight is 811 g/mol. The van der Waals surface area contributed by atoms with Gasteiger partial charge in [0, 0.05) is 43.3 Å². The lowest BCUT2D eigenvalue weighted by Crippen LogP contribution is -2.30. The normalized spacial score (nSPS) is 14.6. The van der Waals surface area contributed by atoms with Gasteiger partial charge in [0.2, 0.25) is 0 Å². The molecular formula is C51H58N2O7. The van der Waals surface area contributed by atoms with Crippen molar-refractivity contribution in [2.45, 2.75) is 95.8 Å². The fraction of sp³-hybridized carbons (Fsp3) is 0.353. The van der Waals surface area contributed by atoms with Gasteiger partial charge in [-0.05, 0) is 150 Å². The predicted octanol–water partition coefficient (Wildman–Crippen LogP) is 9.24. The van der Waals surface area contributed by atoms with Gasteiger partial charge in [-0.25, -0.2) is 0 Å². The quantitative estimate of drug-likeness (QED) is 0.0475. The number of Topliss-reactive ketones (excluding diaryl/α,β-unsaturated/α-hetero) is 1. The highest BCUT2D eigenvalue weighted by Gasteiger charge is 2.31. The number of methoxy groups -OCH3 is 1. The first kappa shape index (κ1) is 42.4. The molecule has 6 aromatic rings. The van der Waals surface area contributed by atoms with Crippen LogP contribution in [0.5, 0.6) is 28.7 Å². The van der Waals surface area contributed by atoms with Crippen molar-refractivity contribution in [3.63, 3.8) is 0 Å². The highest BCUT2D eigenvalue weighted by atomic mass is 16.5. The van der Waals surface area contributed by atoms with Gasteiger partial charge in [-0.2, -0.15) is 0 Å². The van der Waals surface area contributed by atoms with Crippen LogP contribution in [0.1, 0.15) is 89.5 Å². The number of nitrogens with one attached hydrogen (secondary N) is 2. The maximum Gasteiger partial charge on any atom is 0.164 e. The van der Waals surface area contributed by atoms with E-state index < -0.39 is 12.0 Å². The van der Waals surface area contributed by atoms with Crippen LogP contribution in [0.25, 0.3) is 10.8 Å². The first-order chi connectivity index (χ1) is 29.1. The molecule has 1 heterocycles. The number of aliphatic hydroxyl groups excluding tert-OH is 1. The number of carbonyl (C=O) groups excluding carboxylic acids is 1. The molecule has 5 aromatic carbocycles. The minimum atomic E-state index is -1.04. The van der Waals surface area contributed by atoms with E-state index in [2.05, 4.69) is 41.5 Å². The van der Waals surface area contributed by atoms with E-state index >= 15 is 0 Å². The molecule has 314 valence electrons. The molecule has 60 heavy (non-hydrogen) atoms. The van der Waals surface area contributed by atoms with Gasteiger partial charge < -0.3 is 40.2 Å². The van der Waals surface area contributed by atoms with Gasteiger partial charge in [0.1, 0.15) is 11.5 Å². The van der Waals surface area contributed by atoms with Crippen LogP contribution in [0.4, 0.5) is 0 Å². The number of aromatic hydroxyl groups is 3. The molecule has 6 N–H and O–H groups in total. The van der Waals surface area contributed by atoms with Crippen molar-refractivity contribution in [3.05, 3.63) is 148 Å². The van der Waals surface area contributed by atoms with E-state index in [-0.39, 0.29) is 47.9 Å². The van der Waals surface area contributed by atoms with Crippen LogP contribution in [0.15, 0.2) is 103 Å². The minimum Gasteiger partial charge on any atom is -0.508 e. The molecule has 3 atom stereocenters. The Labute approximate surface area is 353 Å².